The lowest BCUT2D eigenvalue weighted by Crippen LogP contribution is -2.17. The summed E-state index contributed by atoms with van der Waals surface area (Å²) in [6.07, 6.45) is -4.66. The van der Waals surface area contributed by atoms with Gasteiger partial charge in [0.05, 0.1) is 3.57 Å². The SMILES string of the molecule is FC(F)(F)Oc1ccc(Cl)cc1I. The summed E-state index contributed by atoms with van der Waals surface area (Å²) in [6, 6.07) is 3.91. The molecule has 0 atom stereocenters. The van der Waals surface area contributed by atoms with Gasteiger partial charge in [0.2, 0.25) is 0 Å². The standard InChI is InChI=1S/C7H3ClF3IO/c8-4-1-2-6(5(12)3-4)13-7(9,10)11/h1-3H. The van der Waals surface area contributed by atoms with Crippen LogP contribution < -0.4 is 4.74 Å². The fraction of sp³-hybridized carbons (Fsp3) is 0.143. The maximum atomic E-state index is 11.8. The van der Waals surface area contributed by atoms with Crippen LogP contribution in [0.2, 0.25) is 5.02 Å². The molecule has 0 aromatic heterocycles. The van der Waals surface area contributed by atoms with E-state index in [2.05, 4.69) is 4.74 Å². The van der Waals surface area contributed by atoms with E-state index in [9.17, 15) is 13.2 Å². The molecule has 1 rings (SSSR count). The molecule has 0 heterocycles. The molecule has 0 aliphatic rings. The van der Waals surface area contributed by atoms with E-state index in [1.165, 1.54) is 18.2 Å². The highest BCUT2D eigenvalue weighted by Crippen LogP contribution is 2.29. The third kappa shape index (κ3) is 3.60. The normalized spacial score (nSPS) is 11.5. The molecular weight excluding hydrogens is 319 g/mol. The molecule has 0 unspecified atom stereocenters. The van der Waals surface area contributed by atoms with E-state index in [1.54, 1.807) is 22.6 Å². The summed E-state index contributed by atoms with van der Waals surface area (Å²) in [5.74, 6) is -0.238. The van der Waals surface area contributed by atoms with Crippen molar-refractivity contribution in [1.29, 1.82) is 0 Å². The zero-order valence-corrected chi connectivity index (χ0v) is 8.94. The summed E-state index contributed by atoms with van der Waals surface area (Å²) >= 11 is 7.26. The van der Waals surface area contributed by atoms with Crippen molar-refractivity contribution in [2.75, 3.05) is 0 Å². The van der Waals surface area contributed by atoms with Crippen LogP contribution in [0, 0.1) is 3.57 Å². The molecule has 72 valence electrons. The average molecular weight is 322 g/mol. The second kappa shape index (κ2) is 3.91. The van der Waals surface area contributed by atoms with Gasteiger partial charge < -0.3 is 4.74 Å². The number of hydrogen-bond donors (Lipinski definition) is 0. The summed E-state index contributed by atoms with van der Waals surface area (Å²) in [4.78, 5) is 0. The maximum absolute atomic E-state index is 11.8. The van der Waals surface area contributed by atoms with E-state index in [4.69, 9.17) is 11.6 Å². The summed E-state index contributed by atoms with van der Waals surface area (Å²) < 4.78 is 39.3. The van der Waals surface area contributed by atoms with Gasteiger partial charge in [0.25, 0.3) is 0 Å². The molecule has 1 aromatic rings. The van der Waals surface area contributed by atoms with Crippen molar-refractivity contribution in [3.8, 4) is 5.75 Å². The molecule has 0 spiro atoms. The first-order valence-electron chi connectivity index (χ1n) is 3.09. The quantitative estimate of drug-likeness (QED) is 0.714. The smallest absolute Gasteiger partial charge is 0.405 e. The highest BCUT2D eigenvalue weighted by molar-refractivity contribution is 14.1. The predicted octanol–water partition coefficient (Wildman–Crippen LogP) is 3.84. The van der Waals surface area contributed by atoms with Gasteiger partial charge in [-0.3, -0.25) is 0 Å². The van der Waals surface area contributed by atoms with Gasteiger partial charge >= 0.3 is 6.36 Å². The summed E-state index contributed by atoms with van der Waals surface area (Å²) in [5, 5.41) is 0.374. The van der Waals surface area contributed by atoms with Crippen molar-refractivity contribution in [2.45, 2.75) is 6.36 Å². The van der Waals surface area contributed by atoms with Gasteiger partial charge in [0.1, 0.15) is 5.75 Å². The van der Waals surface area contributed by atoms with Crippen molar-refractivity contribution in [2.24, 2.45) is 0 Å². The van der Waals surface area contributed by atoms with Crippen molar-refractivity contribution in [1.82, 2.24) is 0 Å². The lowest BCUT2D eigenvalue weighted by Gasteiger charge is -2.10. The number of halogens is 5. The van der Waals surface area contributed by atoms with Gasteiger partial charge in [0, 0.05) is 5.02 Å². The number of hydrogen-bond acceptors (Lipinski definition) is 1. The lowest BCUT2D eigenvalue weighted by molar-refractivity contribution is -0.274. The minimum atomic E-state index is -4.66. The second-order valence-electron chi connectivity index (χ2n) is 2.12. The van der Waals surface area contributed by atoms with E-state index >= 15 is 0 Å². The first-order chi connectivity index (χ1) is 5.88. The molecule has 0 aliphatic carbocycles. The van der Waals surface area contributed by atoms with Crippen LogP contribution in [0.5, 0.6) is 5.75 Å². The number of ether oxygens (including phenoxy) is 1. The Morgan fingerprint density at radius 1 is 1.31 bits per heavy atom. The Bertz CT molecular complexity index is 313. The number of rotatable bonds is 1. The Balaban J connectivity index is 2.90. The Morgan fingerprint density at radius 3 is 2.38 bits per heavy atom. The molecule has 0 fully saturated rings. The Hall–Kier alpha value is -0.170. The van der Waals surface area contributed by atoms with Crippen molar-refractivity contribution in [3.05, 3.63) is 26.8 Å². The zero-order valence-electron chi connectivity index (χ0n) is 6.03. The molecular formula is C7H3ClF3IO. The fourth-order valence-electron chi connectivity index (χ4n) is 0.683. The lowest BCUT2D eigenvalue weighted by atomic mass is 10.3. The molecule has 0 saturated carbocycles. The van der Waals surface area contributed by atoms with E-state index in [0.717, 1.165) is 0 Å². The van der Waals surface area contributed by atoms with Crippen LogP contribution in [0.15, 0.2) is 18.2 Å². The number of benzene rings is 1. The van der Waals surface area contributed by atoms with Crippen molar-refractivity contribution in [3.63, 3.8) is 0 Å². The average Bonchev–Trinajstić information content (AvgIpc) is 1.93. The first kappa shape index (κ1) is 10.9. The minimum Gasteiger partial charge on any atom is -0.405 e. The van der Waals surface area contributed by atoms with Crippen LogP contribution in [0.4, 0.5) is 13.2 Å². The van der Waals surface area contributed by atoms with Gasteiger partial charge in [-0.1, -0.05) is 11.6 Å². The summed E-state index contributed by atoms with van der Waals surface area (Å²) in [7, 11) is 0. The fourth-order valence-corrected chi connectivity index (χ4v) is 1.66. The molecule has 1 aromatic carbocycles. The van der Waals surface area contributed by atoms with Crippen LogP contribution >= 0.6 is 34.2 Å². The third-order valence-electron chi connectivity index (χ3n) is 1.12. The van der Waals surface area contributed by atoms with Crippen LogP contribution in [0.1, 0.15) is 0 Å². The van der Waals surface area contributed by atoms with Crippen LogP contribution in [0.25, 0.3) is 0 Å². The van der Waals surface area contributed by atoms with E-state index in [0.29, 0.717) is 8.59 Å². The Morgan fingerprint density at radius 2 is 1.92 bits per heavy atom. The Labute approximate surface area is 91.0 Å². The van der Waals surface area contributed by atoms with Crippen LogP contribution in [-0.4, -0.2) is 6.36 Å². The summed E-state index contributed by atoms with van der Waals surface area (Å²) in [6.45, 7) is 0. The molecule has 0 N–H and O–H groups in total. The molecule has 0 bridgehead atoms. The molecule has 0 radical (unpaired) electrons. The summed E-state index contributed by atoms with van der Waals surface area (Å²) in [5.41, 5.74) is 0. The highest BCUT2D eigenvalue weighted by atomic mass is 127. The van der Waals surface area contributed by atoms with Gasteiger partial charge in [-0.05, 0) is 40.8 Å². The molecule has 13 heavy (non-hydrogen) atoms. The van der Waals surface area contributed by atoms with Gasteiger partial charge in [0.15, 0.2) is 0 Å². The first-order valence-corrected chi connectivity index (χ1v) is 4.55. The van der Waals surface area contributed by atoms with E-state index in [-0.39, 0.29) is 5.75 Å². The maximum Gasteiger partial charge on any atom is 0.573 e. The largest absolute Gasteiger partial charge is 0.573 e. The van der Waals surface area contributed by atoms with E-state index in [1.807, 2.05) is 0 Å². The van der Waals surface area contributed by atoms with Gasteiger partial charge in [-0.15, -0.1) is 13.2 Å². The van der Waals surface area contributed by atoms with Crippen LogP contribution in [-0.2, 0) is 0 Å². The molecule has 0 saturated heterocycles. The van der Waals surface area contributed by atoms with Crippen molar-refractivity contribution < 1.29 is 17.9 Å². The molecule has 6 heteroatoms. The molecule has 0 amide bonds. The topological polar surface area (TPSA) is 9.23 Å². The monoisotopic (exact) mass is 322 g/mol. The predicted molar refractivity (Wildman–Crippen MR) is 50.9 cm³/mol. The second-order valence-corrected chi connectivity index (χ2v) is 3.72. The third-order valence-corrected chi connectivity index (χ3v) is 2.20. The highest BCUT2D eigenvalue weighted by Gasteiger charge is 2.31. The number of alkyl halides is 3. The van der Waals surface area contributed by atoms with E-state index < -0.39 is 6.36 Å². The Kier molecular flexibility index (Phi) is 3.28. The zero-order chi connectivity index (χ0) is 10.1. The van der Waals surface area contributed by atoms with Gasteiger partial charge in [-0.25, -0.2) is 0 Å². The molecule has 1 nitrogen and oxygen atoms in total. The van der Waals surface area contributed by atoms with Gasteiger partial charge in [-0.2, -0.15) is 0 Å². The van der Waals surface area contributed by atoms with Crippen LogP contribution in [0.3, 0.4) is 0 Å². The minimum absolute atomic E-state index is 0.238. The van der Waals surface area contributed by atoms with Crippen molar-refractivity contribution >= 4 is 34.2 Å². The molecule has 0 aliphatic heterocycles.